The summed E-state index contributed by atoms with van der Waals surface area (Å²) in [4.78, 5) is 14.8. The number of hydrogen-bond acceptors (Lipinski definition) is 2. The van der Waals surface area contributed by atoms with Crippen molar-refractivity contribution in [3.8, 4) is 0 Å². The van der Waals surface area contributed by atoms with Gasteiger partial charge in [-0.3, -0.25) is 4.79 Å². The van der Waals surface area contributed by atoms with E-state index >= 15 is 0 Å². The van der Waals surface area contributed by atoms with Crippen molar-refractivity contribution >= 4 is 17.2 Å². The fraction of sp³-hybridized carbons (Fsp3) is 0.688. The number of aryl methyl sites for hydroxylation is 2. The normalized spacial score (nSPS) is 16.5. The van der Waals surface area contributed by atoms with E-state index < -0.39 is 0 Å². The average molecular weight is 281 g/mol. The first kappa shape index (κ1) is 16.2. The van der Waals surface area contributed by atoms with E-state index in [1.165, 1.54) is 34.6 Å². The van der Waals surface area contributed by atoms with Crippen LogP contribution in [0.5, 0.6) is 0 Å². The van der Waals surface area contributed by atoms with E-state index in [1.54, 1.807) is 0 Å². The van der Waals surface area contributed by atoms with Gasteiger partial charge in [0, 0.05) is 16.3 Å². The van der Waals surface area contributed by atoms with E-state index in [9.17, 15) is 4.79 Å². The van der Waals surface area contributed by atoms with E-state index in [-0.39, 0.29) is 5.91 Å². The zero-order valence-corrected chi connectivity index (χ0v) is 13.6. The Labute approximate surface area is 121 Å². The van der Waals surface area contributed by atoms with Gasteiger partial charge < -0.3 is 5.32 Å². The second kappa shape index (κ2) is 8.36. The molecule has 0 aromatic carbocycles. The molecule has 0 unspecified atom stereocenters. The van der Waals surface area contributed by atoms with Gasteiger partial charge in [0.05, 0.1) is 5.56 Å². The summed E-state index contributed by atoms with van der Waals surface area (Å²) < 4.78 is 0. The third-order valence-corrected chi connectivity index (χ3v) is 4.69. The molecule has 3 rings (SSSR count). The summed E-state index contributed by atoms with van der Waals surface area (Å²) in [5.74, 6) is 0.182. The fourth-order valence-electron chi connectivity index (χ4n) is 2.60. The Bertz CT molecular complexity index is 409. The van der Waals surface area contributed by atoms with Crippen LogP contribution in [0, 0.1) is 0 Å². The minimum atomic E-state index is 0.182. The van der Waals surface area contributed by atoms with Gasteiger partial charge in [0.25, 0.3) is 5.91 Å². The van der Waals surface area contributed by atoms with Crippen molar-refractivity contribution in [2.75, 3.05) is 6.54 Å². The quantitative estimate of drug-likeness (QED) is 0.752. The minimum Gasteiger partial charge on any atom is -0.352 e. The van der Waals surface area contributed by atoms with Gasteiger partial charge in [-0.1, -0.05) is 27.7 Å². The highest BCUT2D eigenvalue weighted by molar-refractivity contribution is 7.12. The van der Waals surface area contributed by atoms with Gasteiger partial charge in [0.1, 0.15) is 0 Å². The van der Waals surface area contributed by atoms with E-state index in [2.05, 4.69) is 5.32 Å². The van der Waals surface area contributed by atoms with Gasteiger partial charge in [0.2, 0.25) is 0 Å². The Morgan fingerprint density at radius 2 is 1.53 bits per heavy atom. The summed E-state index contributed by atoms with van der Waals surface area (Å²) in [7, 11) is 0. The molecule has 1 aliphatic carbocycles. The van der Waals surface area contributed by atoms with Crippen LogP contribution in [-0.2, 0) is 19.3 Å². The number of rotatable bonds is 0. The molecule has 0 bridgehead atoms. The maximum absolute atomic E-state index is 11.9. The molecule has 0 saturated heterocycles. The van der Waals surface area contributed by atoms with Crippen LogP contribution < -0.4 is 5.32 Å². The van der Waals surface area contributed by atoms with Gasteiger partial charge in [-0.2, -0.15) is 0 Å². The maximum atomic E-state index is 11.9. The van der Waals surface area contributed by atoms with Gasteiger partial charge in [-0.15, -0.1) is 11.3 Å². The molecule has 1 amide bonds. The number of hydrogen-bond donors (Lipinski definition) is 1. The van der Waals surface area contributed by atoms with Crippen molar-refractivity contribution in [2.45, 2.75) is 66.2 Å². The third kappa shape index (κ3) is 3.59. The highest BCUT2D eigenvalue weighted by Gasteiger charge is 2.26. The van der Waals surface area contributed by atoms with Crippen LogP contribution in [0.3, 0.4) is 0 Å². The SMILES string of the molecule is CC.CC.O=C1NCCCc2sc3c(c21)CCCC3. The standard InChI is InChI=1S/C12H15NOS.2C2H6/c14-12-11-8-4-1-2-5-9(8)15-10(11)6-3-7-13-12;2*1-2/h1-7H2,(H,13,14);2*1-2H3. The van der Waals surface area contributed by atoms with Crippen molar-refractivity contribution in [2.24, 2.45) is 0 Å². The summed E-state index contributed by atoms with van der Waals surface area (Å²) in [6.45, 7) is 8.84. The summed E-state index contributed by atoms with van der Waals surface area (Å²) in [5, 5.41) is 3.00. The number of amides is 1. The molecule has 2 heterocycles. The lowest BCUT2D eigenvalue weighted by Crippen LogP contribution is -2.23. The lowest BCUT2D eigenvalue weighted by Gasteiger charge is -2.12. The largest absolute Gasteiger partial charge is 0.352 e. The molecule has 1 N–H and O–H groups in total. The number of carbonyl (C=O) groups is 1. The topological polar surface area (TPSA) is 29.1 Å². The maximum Gasteiger partial charge on any atom is 0.252 e. The summed E-state index contributed by atoms with van der Waals surface area (Å²) >= 11 is 1.89. The fourth-order valence-corrected chi connectivity index (χ4v) is 4.04. The van der Waals surface area contributed by atoms with Crippen LogP contribution in [0.1, 0.15) is 72.6 Å². The van der Waals surface area contributed by atoms with Crippen LogP contribution in [-0.4, -0.2) is 12.5 Å². The molecular weight excluding hydrogens is 254 g/mol. The van der Waals surface area contributed by atoms with Gasteiger partial charge in [-0.05, 0) is 44.1 Å². The molecule has 19 heavy (non-hydrogen) atoms. The molecule has 2 nitrogen and oxygen atoms in total. The molecule has 0 radical (unpaired) electrons. The smallest absolute Gasteiger partial charge is 0.252 e. The zero-order chi connectivity index (χ0) is 14.3. The predicted octanol–water partition coefficient (Wildman–Crippen LogP) is 4.36. The first-order valence-corrected chi connectivity index (χ1v) is 8.59. The average Bonchev–Trinajstić information content (AvgIpc) is 2.76. The van der Waals surface area contributed by atoms with Gasteiger partial charge >= 0.3 is 0 Å². The summed E-state index contributed by atoms with van der Waals surface area (Å²) in [6, 6.07) is 0. The monoisotopic (exact) mass is 281 g/mol. The lowest BCUT2D eigenvalue weighted by atomic mass is 9.94. The Kier molecular flexibility index (Phi) is 7.14. The van der Waals surface area contributed by atoms with E-state index in [1.807, 2.05) is 39.0 Å². The van der Waals surface area contributed by atoms with E-state index in [0.29, 0.717) is 0 Å². The second-order valence-electron chi connectivity index (χ2n) is 4.37. The lowest BCUT2D eigenvalue weighted by molar-refractivity contribution is 0.0955. The van der Waals surface area contributed by atoms with E-state index in [0.717, 1.165) is 31.4 Å². The Morgan fingerprint density at radius 1 is 0.895 bits per heavy atom. The summed E-state index contributed by atoms with van der Waals surface area (Å²) in [5.41, 5.74) is 2.42. The number of nitrogens with one attached hydrogen (secondary N) is 1. The first-order chi connectivity index (χ1) is 9.36. The second-order valence-corrected chi connectivity index (χ2v) is 5.56. The number of thiophene rings is 1. The molecule has 1 aromatic heterocycles. The summed E-state index contributed by atoms with van der Waals surface area (Å²) in [6.07, 6.45) is 7.05. The Morgan fingerprint density at radius 3 is 2.26 bits per heavy atom. The number of fused-ring (bicyclic) bond motifs is 3. The van der Waals surface area contributed by atoms with Crippen LogP contribution in [0.25, 0.3) is 0 Å². The third-order valence-electron chi connectivity index (χ3n) is 3.34. The van der Waals surface area contributed by atoms with Crippen LogP contribution >= 0.6 is 11.3 Å². The van der Waals surface area contributed by atoms with Crippen molar-refractivity contribution in [3.05, 3.63) is 20.9 Å². The highest BCUT2D eigenvalue weighted by atomic mass is 32.1. The molecule has 3 heteroatoms. The molecule has 1 aromatic rings. The molecule has 0 atom stereocenters. The Hall–Kier alpha value is -0.830. The van der Waals surface area contributed by atoms with Crippen LogP contribution in [0.15, 0.2) is 0 Å². The molecule has 0 saturated carbocycles. The van der Waals surface area contributed by atoms with Crippen molar-refractivity contribution in [1.82, 2.24) is 5.32 Å². The van der Waals surface area contributed by atoms with Gasteiger partial charge in [-0.25, -0.2) is 0 Å². The van der Waals surface area contributed by atoms with Gasteiger partial charge in [0.15, 0.2) is 0 Å². The molecule has 1 aliphatic heterocycles. The molecule has 108 valence electrons. The number of carbonyl (C=O) groups excluding carboxylic acids is 1. The van der Waals surface area contributed by atoms with Crippen molar-refractivity contribution < 1.29 is 4.79 Å². The van der Waals surface area contributed by atoms with Crippen LogP contribution in [0.2, 0.25) is 0 Å². The van der Waals surface area contributed by atoms with Crippen molar-refractivity contribution in [3.63, 3.8) is 0 Å². The molecule has 0 fully saturated rings. The first-order valence-electron chi connectivity index (χ1n) is 7.78. The van der Waals surface area contributed by atoms with Crippen molar-refractivity contribution in [1.29, 1.82) is 0 Å². The molecule has 2 aliphatic rings. The van der Waals surface area contributed by atoms with E-state index in [4.69, 9.17) is 0 Å². The minimum absolute atomic E-state index is 0.182. The molecule has 0 spiro atoms. The predicted molar refractivity (Wildman–Crippen MR) is 84.3 cm³/mol. The Balaban J connectivity index is 0.000000415. The highest BCUT2D eigenvalue weighted by Crippen LogP contribution is 2.35. The zero-order valence-electron chi connectivity index (χ0n) is 12.8. The molecular formula is C16H27NOS. The van der Waals surface area contributed by atoms with Crippen LogP contribution in [0.4, 0.5) is 0 Å².